The predicted octanol–water partition coefficient (Wildman–Crippen LogP) is 1.81. The fourth-order valence-corrected chi connectivity index (χ4v) is 1.72. The standard InChI is InChI=1S/C14H21NO3/c1-4-15(5-2)14(17)11(3)18-13-8-6-12(10-16)7-9-13/h6-9,11,16H,4-5,10H2,1-3H3. The summed E-state index contributed by atoms with van der Waals surface area (Å²) in [6.07, 6.45) is -0.495. The maximum absolute atomic E-state index is 12.0. The molecule has 1 amide bonds. The van der Waals surface area contributed by atoms with Gasteiger partial charge in [-0.1, -0.05) is 12.1 Å². The fourth-order valence-electron chi connectivity index (χ4n) is 1.72. The van der Waals surface area contributed by atoms with E-state index in [2.05, 4.69) is 0 Å². The first kappa shape index (κ1) is 14.5. The number of likely N-dealkylation sites (N-methyl/N-ethyl adjacent to an activating group) is 1. The van der Waals surface area contributed by atoms with Crippen molar-refractivity contribution in [1.29, 1.82) is 0 Å². The molecule has 1 atom stereocenters. The summed E-state index contributed by atoms with van der Waals surface area (Å²) in [6, 6.07) is 7.09. The molecule has 0 aliphatic rings. The highest BCUT2D eigenvalue weighted by Gasteiger charge is 2.19. The van der Waals surface area contributed by atoms with Gasteiger partial charge in [0.2, 0.25) is 0 Å². The van der Waals surface area contributed by atoms with Crippen molar-refractivity contribution in [2.24, 2.45) is 0 Å². The van der Waals surface area contributed by atoms with E-state index >= 15 is 0 Å². The molecular weight excluding hydrogens is 230 g/mol. The second kappa shape index (κ2) is 7.01. The highest BCUT2D eigenvalue weighted by atomic mass is 16.5. The van der Waals surface area contributed by atoms with Gasteiger partial charge < -0.3 is 14.7 Å². The Morgan fingerprint density at radius 3 is 2.28 bits per heavy atom. The molecule has 1 unspecified atom stereocenters. The zero-order valence-corrected chi connectivity index (χ0v) is 11.2. The number of ether oxygens (including phenoxy) is 1. The van der Waals surface area contributed by atoms with Crippen molar-refractivity contribution in [1.82, 2.24) is 4.90 Å². The van der Waals surface area contributed by atoms with Crippen LogP contribution >= 0.6 is 0 Å². The van der Waals surface area contributed by atoms with Gasteiger partial charge in [-0.25, -0.2) is 0 Å². The molecule has 0 aliphatic heterocycles. The minimum absolute atomic E-state index is 0.00812. The lowest BCUT2D eigenvalue weighted by atomic mass is 10.2. The van der Waals surface area contributed by atoms with Crippen molar-refractivity contribution in [3.8, 4) is 5.75 Å². The molecule has 100 valence electrons. The van der Waals surface area contributed by atoms with Crippen LogP contribution in [0.4, 0.5) is 0 Å². The van der Waals surface area contributed by atoms with Gasteiger partial charge in [0.15, 0.2) is 6.10 Å². The van der Waals surface area contributed by atoms with Crippen LogP contribution in [-0.2, 0) is 11.4 Å². The third-order valence-electron chi connectivity index (χ3n) is 2.84. The van der Waals surface area contributed by atoms with Gasteiger partial charge >= 0.3 is 0 Å². The summed E-state index contributed by atoms with van der Waals surface area (Å²) in [5, 5.41) is 8.93. The number of aliphatic hydroxyl groups excluding tert-OH is 1. The summed E-state index contributed by atoms with van der Waals surface area (Å²) in [7, 11) is 0. The van der Waals surface area contributed by atoms with Crippen molar-refractivity contribution >= 4 is 5.91 Å². The number of carbonyl (C=O) groups excluding carboxylic acids is 1. The Balaban J connectivity index is 2.62. The van der Waals surface area contributed by atoms with Crippen LogP contribution in [0.1, 0.15) is 26.3 Å². The molecule has 0 fully saturated rings. The fraction of sp³-hybridized carbons (Fsp3) is 0.500. The maximum Gasteiger partial charge on any atom is 0.263 e. The second-order valence-electron chi connectivity index (χ2n) is 4.07. The largest absolute Gasteiger partial charge is 0.481 e. The summed E-state index contributed by atoms with van der Waals surface area (Å²) >= 11 is 0. The molecule has 0 spiro atoms. The van der Waals surface area contributed by atoms with Crippen molar-refractivity contribution < 1.29 is 14.6 Å². The number of benzene rings is 1. The average molecular weight is 251 g/mol. The smallest absolute Gasteiger partial charge is 0.263 e. The van der Waals surface area contributed by atoms with Crippen LogP contribution in [0.5, 0.6) is 5.75 Å². The molecule has 0 saturated heterocycles. The number of aliphatic hydroxyl groups is 1. The van der Waals surface area contributed by atoms with Gasteiger partial charge in [0.1, 0.15) is 5.75 Å². The maximum atomic E-state index is 12.0. The van der Waals surface area contributed by atoms with E-state index in [4.69, 9.17) is 9.84 Å². The summed E-state index contributed by atoms with van der Waals surface area (Å²) in [5.41, 5.74) is 0.824. The molecule has 1 aromatic rings. The first-order chi connectivity index (χ1) is 8.62. The van der Waals surface area contributed by atoms with E-state index in [1.807, 2.05) is 13.8 Å². The van der Waals surface area contributed by atoms with E-state index in [1.165, 1.54) is 0 Å². The van der Waals surface area contributed by atoms with Gasteiger partial charge in [0.05, 0.1) is 6.61 Å². The lowest BCUT2D eigenvalue weighted by molar-refractivity contribution is -0.137. The van der Waals surface area contributed by atoms with E-state index in [-0.39, 0.29) is 12.5 Å². The van der Waals surface area contributed by atoms with Crippen molar-refractivity contribution in [3.05, 3.63) is 29.8 Å². The Bertz CT molecular complexity index is 371. The molecule has 1 rings (SSSR count). The highest BCUT2D eigenvalue weighted by molar-refractivity contribution is 5.80. The topological polar surface area (TPSA) is 49.8 Å². The van der Waals surface area contributed by atoms with Gasteiger partial charge in [0.25, 0.3) is 5.91 Å². The summed E-state index contributed by atoms with van der Waals surface area (Å²) in [6.45, 7) is 7.03. The molecule has 1 aromatic carbocycles. The van der Waals surface area contributed by atoms with Crippen LogP contribution in [0.3, 0.4) is 0 Å². The lowest BCUT2D eigenvalue weighted by Gasteiger charge is -2.23. The van der Waals surface area contributed by atoms with Crippen LogP contribution in [0.25, 0.3) is 0 Å². The number of rotatable bonds is 6. The van der Waals surface area contributed by atoms with E-state index < -0.39 is 6.10 Å². The third kappa shape index (κ3) is 3.74. The lowest BCUT2D eigenvalue weighted by Crippen LogP contribution is -2.40. The molecule has 0 bridgehead atoms. The predicted molar refractivity (Wildman–Crippen MR) is 70.4 cm³/mol. The Kier molecular flexibility index (Phi) is 5.65. The molecule has 1 N–H and O–H groups in total. The number of amides is 1. The second-order valence-corrected chi connectivity index (χ2v) is 4.07. The van der Waals surface area contributed by atoms with Crippen molar-refractivity contribution in [3.63, 3.8) is 0 Å². The quantitative estimate of drug-likeness (QED) is 0.839. The van der Waals surface area contributed by atoms with Gasteiger partial charge in [-0.2, -0.15) is 0 Å². The Morgan fingerprint density at radius 1 is 1.28 bits per heavy atom. The number of hydrogen-bond acceptors (Lipinski definition) is 3. The minimum atomic E-state index is -0.495. The van der Waals surface area contributed by atoms with E-state index in [0.717, 1.165) is 5.56 Å². The molecule has 0 radical (unpaired) electrons. The average Bonchev–Trinajstić information content (AvgIpc) is 2.40. The SMILES string of the molecule is CCN(CC)C(=O)C(C)Oc1ccc(CO)cc1. The molecular formula is C14H21NO3. The Hall–Kier alpha value is -1.55. The number of hydrogen-bond donors (Lipinski definition) is 1. The van der Waals surface area contributed by atoms with Crippen LogP contribution < -0.4 is 4.74 Å². The van der Waals surface area contributed by atoms with E-state index in [9.17, 15) is 4.79 Å². The molecule has 4 heteroatoms. The normalized spacial score (nSPS) is 12.0. The van der Waals surface area contributed by atoms with E-state index in [1.54, 1.807) is 36.1 Å². The van der Waals surface area contributed by atoms with Crippen LogP contribution in [0.2, 0.25) is 0 Å². The van der Waals surface area contributed by atoms with Gasteiger partial charge in [-0.3, -0.25) is 4.79 Å². The van der Waals surface area contributed by atoms with Crippen LogP contribution in [-0.4, -0.2) is 35.1 Å². The monoisotopic (exact) mass is 251 g/mol. The molecule has 4 nitrogen and oxygen atoms in total. The molecule has 0 aliphatic carbocycles. The van der Waals surface area contributed by atoms with Crippen LogP contribution in [0, 0.1) is 0 Å². The van der Waals surface area contributed by atoms with E-state index in [0.29, 0.717) is 18.8 Å². The van der Waals surface area contributed by atoms with Gasteiger partial charge in [-0.05, 0) is 38.5 Å². The molecule has 0 aromatic heterocycles. The van der Waals surface area contributed by atoms with Gasteiger partial charge in [-0.15, -0.1) is 0 Å². The van der Waals surface area contributed by atoms with Crippen LogP contribution in [0.15, 0.2) is 24.3 Å². The Labute approximate surface area is 108 Å². The highest BCUT2D eigenvalue weighted by Crippen LogP contribution is 2.14. The number of carbonyl (C=O) groups is 1. The zero-order chi connectivity index (χ0) is 13.5. The third-order valence-corrected chi connectivity index (χ3v) is 2.84. The summed E-state index contributed by atoms with van der Waals surface area (Å²) in [5.74, 6) is 0.631. The molecule has 0 heterocycles. The summed E-state index contributed by atoms with van der Waals surface area (Å²) in [4.78, 5) is 13.7. The van der Waals surface area contributed by atoms with Crippen molar-refractivity contribution in [2.75, 3.05) is 13.1 Å². The first-order valence-electron chi connectivity index (χ1n) is 6.27. The first-order valence-corrected chi connectivity index (χ1v) is 6.27. The number of nitrogens with zero attached hydrogens (tertiary/aromatic N) is 1. The minimum Gasteiger partial charge on any atom is -0.481 e. The van der Waals surface area contributed by atoms with Crippen molar-refractivity contribution in [2.45, 2.75) is 33.5 Å². The zero-order valence-electron chi connectivity index (χ0n) is 11.2. The van der Waals surface area contributed by atoms with Gasteiger partial charge in [0, 0.05) is 13.1 Å². The summed E-state index contributed by atoms with van der Waals surface area (Å²) < 4.78 is 5.59. The Morgan fingerprint density at radius 2 is 1.83 bits per heavy atom. The molecule has 0 saturated carbocycles. The molecule has 18 heavy (non-hydrogen) atoms.